The van der Waals surface area contributed by atoms with Crippen LogP contribution in [0.2, 0.25) is 0 Å². The van der Waals surface area contributed by atoms with Gasteiger partial charge in [0, 0.05) is 17.3 Å². The van der Waals surface area contributed by atoms with Gasteiger partial charge in [-0.25, -0.2) is 4.98 Å². The zero-order valence-corrected chi connectivity index (χ0v) is 19.3. The maximum atomic E-state index is 4.76. The zero-order valence-electron chi connectivity index (χ0n) is 19.3. The number of aromatic amines is 1. The summed E-state index contributed by atoms with van der Waals surface area (Å²) in [5.41, 5.74) is 4.62. The fourth-order valence-corrected chi connectivity index (χ4v) is 4.14. The second kappa shape index (κ2) is 10.5. The average Bonchev–Trinajstić information content (AvgIpc) is 3.28. The van der Waals surface area contributed by atoms with Gasteiger partial charge >= 0.3 is 0 Å². The Balaban J connectivity index is 1.51. The maximum absolute atomic E-state index is 4.76. The minimum Gasteiger partial charge on any atom is -0.365 e. The van der Waals surface area contributed by atoms with Crippen LogP contribution in [0.5, 0.6) is 0 Å². The summed E-state index contributed by atoms with van der Waals surface area (Å²) < 4.78 is 0. The molecule has 0 saturated heterocycles. The third-order valence-electron chi connectivity index (χ3n) is 6.13. The number of imidazole rings is 1. The lowest BCUT2D eigenvalue weighted by atomic mass is 9.95. The number of aromatic nitrogens is 4. The summed E-state index contributed by atoms with van der Waals surface area (Å²) in [4.78, 5) is 19.2. The highest BCUT2D eigenvalue weighted by molar-refractivity contribution is 5.84. The highest BCUT2D eigenvalue weighted by Gasteiger charge is 2.17. The molecule has 0 bridgehead atoms. The normalized spacial score (nSPS) is 14.4. The molecule has 2 aromatic heterocycles. The number of nitrogens with zero attached hydrogens (tertiary/aromatic N) is 4. The van der Waals surface area contributed by atoms with Gasteiger partial charge in [-0.05, 0) is 56.6 Å². The molecule has 0 atom stereocenters. The van der Waals surface area contributed by atoms with Crippen LogP contribution in [0, 0.1) is 18.8 Å². The lowest BCUT2D eigenvalue weighted by Gasteiger charge is -2.23. The van der Waals surface area contributed by atoms with Crippen molar-refractivity contribution in [3.8, 4) is 11.8 Å². The Kier molecular flexibility index (Phi) is 7.23. The maximum Gasteiger partial charge on any atom is 0.231 e. The van der Waals surface area contributed by atoms with Gasteiger partial charge in [0.05, 0.1) is 12.9 Å². The lowest BCUT2D eigenvalue weighted by molar-refractivity contribution is 0.342. The molecular weight excluding hydrogens is 398 g/mol. The Morgan fingerprint density at radius 3 is 2.69 bits per heavy atom. The van der Waals surface area contributed by atoms with Crippen LogP contribution in [0.15, 0.2) is 24.5 Å². The number of anilines is 3. The van der Waals surface area contributed by atoms with E-state index in [-0.39, 0.29) is 0 Å². The largest absolute Gasteiger partial charge is 0.365 e. The Hall–Kier alpha value is -3.11. The van der Waals surface area contributed by atoms with Crippen molar-refractivity contribution in [1.29, 1.82) is 0 Å². The first-order chi connectivity index (χ1) is 15.7. The van der Waals surface area contributed by atoms with Gasteiger partial charge in [0.1, 0.15) is 5.52 Å². The summed E-state index contributed by atoms with van der Waals surface area (Å²) >= 11 is 0. The van der Waals surface area contributed by atoms with E-state index in [2.05, 4.69) is 69.2 Å². The van der Waals surface area contributed by atoms with Crippen LogP contribution in [0.3, 0.4) is 0 Å². The van der Waals surface area contributed by atoms with Crippen LogP contribution in [0.25, 0.3) is 11.2 Å². The molecule has 7 nitrogen and oxygen atoms in total. The van der Waals surface area contributed by atoms with Crippen molar-refractivity contribution < 1.29 is 0 Å². The highest BCUT2D eigenvalue weighted by atomic mass is 15.2. The summed E-state index contributed by atoms with van der Waals surface area (Å²) in [5.74, 6) is 7.90. The van der Waals surface area contributed by atoms with E-state index in [1.54, 1.807) is 6.33 Å². The molecule has 32 heavy (non-hydrogen) atoms. The van der Waals surface area contributed by atoms with E-state index >= 15 is 0 Å². The third kappa shape index (κ3) is 5.38. The third-order valence-corrected chi connectivity index (χ3v) is 6.13. The molecule has 4 rings (SSSR count). The number of nitrogens with one attached hydrogen (secondary N) is 3. The summed E-state index contributed by atoms with van der Waals surface area (Å²) in [6, 6.07) is 6.64. The van der Waals surface area contributed by atoms with Crippen LogP contribution in [-0.2, 0) is 0 Å². The van der Waals surface area contributed by atoms with E-state index in [0.717, 1.165) is 53.4 Å². The second-order valence-corrected chi connectivity index (χ2v) is 8.39. The van der Waals surface area contributed by atoms with Crippen molar-refractivity contribution in [3.05, 3.63) is 35.7 Å². The lowest BCUT2D eigenvalue weighted by Crippen LogP contribution is -2.23. The summed E-state index contributed by atoms with van der Waals surface area (Å²) in [5, 5.41) is 6.99. The molecule has 168 valence electrons. The van der Waals surface area contributed by atoms with Gasteiger partial charge in [-0.2, -0.15) is 9.97 Å². The highest BCUT2D eigenvalue weighted by Crippen LogP contribution is 2.26. The first-order valence-corrected chi connectivity index (χ1v) is 11.7. The Morgan fingerprint density at radius 2 is 1.94 bits per heavy atom. The molecule has 0 amide bonds. The fraction of sp³-hybridized carbons (Fsp3) is 0.480. The number of aryl methyl sites for hydroxylation is 1. The molecule has 1 aliphatic rings. The Morgan fingerprint density at radius 1 is 1.12 bits per heavy atom. The number of H-pyrrole nitrogens is 1. The number of hydrogen-bond acceptors (Lipinski definition) is 6. The van der Waals surface area contributed by atoms with Gasteiger partial charge < -0.3 is 15.6 Å². The molecule has 2 heterocycles. The molecule has 0 spiro atoms. The second-order valence-electron chi connectivity index (χ2n) is 8.39. The van der Waals surface area contributed by atoms with Gasteiger partial charge in [0.15, 0.2) is 11.5 Å². The smallest absolute Gasteiger partial charge is 0.231 e. The number of fused-ring (bicyclic) bond motifs is 1. The molecule has 1 aliphatic carbocycles. The predicted octanol–water partition coefficient (Wildman–Crippen LogP) is 4.84. The minimum absolute atomic E-state index is 0.447. The SMILES string of the molecule is CCN(CC)CC#Cc1ccc(Nc2nc(NC3CCCCC3)c3nc[nH]c3n2)c(C)c1. The first-order valence-electron chi connectivity index (χ1n) is 11.7. The molecule has 0 radical (unpaired) electrons. The topological polar surface area (TPSA) is 81.8 Å². The molecule has 0 unspecified atom stereocenters. The van der Waals surface area contributed by atoms with Crippen LogP contribution in [0.4, 0.5) is 17.5 Å². The van der Waals surface area contributed by atoms with Crippen molar-refractivity contribution in [2.24, 2.45) is 0 Å². The van der Waals surface area contributed by atoms with E-state index in [1.165, 1.54) is 32.1 Å². The molecule has 3 N–H and O–H groups in total. The van der Waals surface area contributed by atoms with E-state index in [4.69, 9.17) is 4.98 Å². The van der Waals surface area contributed by atoms with Gasteiger partial charge in [0.25, 0.3) is 0 Å². The fourth-order valence-electron chi connectivity index (χ4n) is 4.14. The quantitative estimate of drug-likeness (QED) is 0.464. The Labute approximate surface area is 190 Å². The van der Waals surface area contributed by atoms with Crippen LogP contribution in [-0.4, -0.2) is 50.5 Å². The van der Waals surface area contributed by atoms with Gasteiger partial charge in [-0.15, -0.1) is 0 Å². The Bertz CT molecular complexity index is 1100. The van der Waals surface area contributed by atoms with Gasteiger partial charge in [-0.3, -0.25) is 4.90 Å². The molecule has 0 aliphatic heterocycles. The van der Waals surface area contributed by atoms with E-state index in [9.17, 15) is 0 Å². The average molecular weight is 432 g/mol. The van der Waals surface area contributed by atoms with E-state index in [1.807, 2.05) is 12.1 Å². The van der Waals surface area contributed by atoms with Crippen LogP contribution in [0.1, 0.15) is 57.1 Å². The standard InChI is InChI=1S/C25H33N7/c1-4-32(5-2)15-9-10-19-13-14-21(18(3)16-19)29-25-30-23-22(26-17-27-23)24(31-25)28-20-11-7-6-8-12-20/h13-14,16-17,20H,4-8,11-12,15H2,1-3H3,(H3,26,27,28,29,30,31). The number of rotatable bonds is 7. The van der Waals surface area contributed by atoms with Crippen molar-refractivity contribution in [1.82, 2.24) is 24.8 Å². The zero-order chi connectivity index (χ0) is 22.3. The molecule has 1 aromatic carbocycles. The molecule has 3 aromatic rings. The molecule has 1 fully saturated rings. The molecule has 1 saturated carbocycles. The first kappa shape index (κ1) is 22.1. The van der Waals surface area contributed by atoms with Gasteiger partial charge in [-0.1, -0.05) is 45.0 Å². The van der Waals surface area contributed by atoms with Crippen molar-refractivity contribution in [3.63, 3.8) is 0 Å². The summed E-state index contributed by atoms with van der Waals surface area (Å²) in [6.07, 6.45) is 7.87. The van der Waals surface area contributed by atoms with Crippen LogP contribution < -0.4 is 10.6 Å². The van der Waals surface area contributed by atoms with Gasteiger partial charge in [0.2, 0.25) is 5.95 Å². The monoisotopic (exact) mass is 431 g/mol. The number of benzene rings is 1. The van der Waals surface area contributed by atoms with Crippen molar-refractivity contribution >= 4 is 28.6 Å². The van der Waals surface area contributed by atoms with Crippen molar-refractivity contribution in [2.75, 3.05) is 30.3 Å². The minimum atomic E-state index is 0.447. The van der Waals surface area contributed by atoms with E-state index < -0.39 is 0 Å². The molecular formula is C25H33N7. The number of hydrogen-bond donors (Lipinski definition) is 3. The summed E-state index contributed by atoms with van der Waals surface area (Å²) in [6.45, 7) is 9.23. The van der Waals surface area contributed by atoms with Crippen LogP contribution >= 0.6 is 0 Å². The van der Waals surface area contributed by atoms with Crippen molar-refractivity contribution in [2.45, 2.75) is 58.9 Å². The molecule has 7 heteroatoms. The van der Waals surface area contributed by atoms with E-state index in [0.29, 0.717) is 12.0 Å². The predicted molar refractivity (Wildman–Crippen MR) is 131 cm³/mol. The summed E-state index contributed by atoms with van der Waals surface area (Å²) in [7, 11) is 0.